The summed E-state index contributed by atoms with van der Waals surface area (Å²) >= 11 is 6.25. The Hall–Kier alpha value is -2.25. The summed E-state index contributed by atoms with van der Waals surface area (Å²) in [5, 5.41) is 17.4. The minimum Gasteiger partial charge on any atom is -0.467 e. The molecule has 0 aliphatic rings. The van der Waals surface area contributed by atoms with Gasteiger partial charge in [0.1, 0.15) is 16.3 Å². The largest absolute Gasteiger partial charge is 0.467 e. The zero-order chi connectivity index (χ0) is 21.8. The number of hydrogen-bond acceptors (Lipinski definition) is 9. The fourth-order valence-electron chi connectivity index (χ4n) is 1.95. The van der Waals surface area contributed by atoms with Crippen LogP contribution >= 0.6 is 23.8 Å². The van der Waals surface area contributed by atoms with Crippen LogP contribution in [0.4, 0.5) is 5.69 Å². The van der Waals surface area contributed by atoms with Gasteiger partial charge in [0, 0.05) is 0 Å². The number of nitrogens with one attached hydrogen (secondary N) is 2. The molecule has 0 saturated heterocycles. The molecule has 1 amide bonds. The number of halogens is 1. The molecule has 0 fully saturated rings. The smallest absolute Gasteiger partial charge is 0.353 e. The lowest BCUT2D eigenvalue weighted by atomic mass is 10.1. The first kappa shape index (κ1) is 23.0. The monoisotopic (exact) mass is 463 g/mol. The molecule has 0 atom stereocenters. The number of anilines is 1. The summed E-state index contributed by atoms with van der Waals surface area (Å²) in [6, 6.07) is 5.53. The zero-order valence-electron chi connectivity index (χ0n) is 15.3. The van der Waals surface area contributed by atoms with Gasteiger partial charge in [-0.15, -0.1) is 0 Å². The molecule has 0 aliphatic carbocycles. The van der Waals surface area contributed by atoms with Crippen LogP contribution in [-0.2, 0) is 25.5 Å². The predicted octanol–water partition coefficient (Wildman–Crippen LogP) is 1.80. The van der Waals surface area contributed by atoms with Gasteiger partial charge in [0.05, 0.1) is 29.1 Å². The number of hydrogen-bond donors (Lipinski definition) is 4. The van der Waals surface area contributed by atoms with E-state index in [1.165, 1.54) is 26.2 Å². The van der Waals surface area contributed by atoms with Crippen molar-refractivity contribution in [3.05, 3.63) is 46.9 Å². The lowest BCUT2D eigenvalue weighted by molar-refractivity contribution is -0.134. The third-order valence-corrected chi connectivity index (χ3v) is 5.32. The lowest BCUT2D eigenvalue weighted by Gasteiger charge is -2.16. The van der Waals surface area contributed by atoms with E-state index in [1.807, 2.05) is 0 Å². The van der Waals surface area contributed by atoms with E-state index in [1.54, 1.807) is 12.1 Å². The fraction of sp³-hybridized carbons (Fsp3) is 0.250. The van der Waals surface area contributed by atoms with E-state index in [0.717, 1.165) is 6.07 Å². The van der Waals surface area contributed by atoms with Crippen LogP contribution < -0.4 is 15.2 Å². The van der Waals surface area contributed by atoms with Gasteiger partial charge in [-0.1, -0.05) is 11.6 Å². The number of carbonyl (C=O) groups excluding carboxylic acids is 2. The van der Waals surface area contributed by atoms with Crippen molar-refractivity contribution < 1.29 is 31.7 Å². The average molecular weight is 464 g/mol. The molecule has 158 valence electrons. The normalized spacial score (nSPS) is 11.8. The Morgan fingerprint density at radius 2 is 2.07 bits per heavy atom. The standard InChI is InChI=1S/C16H18ClN3O7S2/c1-16(2,23)15(22)20-28-27-14(21)10-6-13(29(18,24)25)11(17)7-12(10)19-8-9-4-3-5-26-9/h3-7,19,23H,8H2,1-2H3,(H,20,22)(H2,18,24,25). The molecule has 10 nitrogen and oxygen atoms in total. The number of rotatable bonds is 8. The topological polar surface area (TPSA) is 161 Å². The molecular weight excluding hydrogens is 446 g/mol. The number of primary sulfonamides is 1. The molecule has 2 aromatic rings. The molecule has 0 aliphatic heterocycles. The maximum Gasteiger partial charge on any atom is 0.353 e. The van der Waals surface area contributed by atoms with Crippen molar-refractivity contribution in [3.8, 4) is 0 Å². The lowest BCUT2D eigenvalue weighted by Crippen LogP contribution is -2.39. The predicted molar refractivity (Wildman–Crippen MR) is 106 cm³/mol. The molecule has 1 aromatic carbocycles. The van der Waals surface area contributed by atoms with E-state index in [-0.39, 0.29) is 35.0 Å². The minimum atomic E-state index is -4.21. The molecule has 0 saturated carbocycles. The molecule has 29 heavy (non-hydrogen) atoms. The number of carbonyl (C=O) groups is 2. The Morgan fingerprint density at radius 1 is 1.38 bits per heavy atom. The number of sulfonamides is 1. The summed E-state index contributed by atoms with van der Waals surface area (Å²) in [4.78, 5) is 23.6. The SMILES string of the molecule is CC(C)(O)C(=O)NSOC(=O)c1cc(S(N)(=O)=O)c(Cl)cc1NCc1ccco1. The Kier molecular flexibility index (Phi) is 7.19. The van der Waals surface area contributed by atoms with Crippen LogP contribution in [0.2, 0.25) is 5.02 Å². The van der Waals surface area contributed by atoms with Crippen molar-refractivity contribution in [3.63, 3.8) is 0 Å². The molecule has 1 heterocycles. The number of nitrogens with two attached hydrogens (primary N) is 1. The van der Waals surface area contributed by atoms with Crippen molar-refractivity contribution in [2.24, 2.45) is 5.14 Å². The maximum atomic E-state index is 12.4. The van der Waals surface area contributed by atoms with Gasteiger partial charge < -0.3 is 19.0 Å². The van der Waals surface area contributed by atoms with E-state index in [0.29, 0.717) is 5.76 Å². The van der Waals surface area contributed by atoms with Gasteiger partial charge in [-0.3, -0.25) is 9.52 Å². The highest BCUT2D eigenvalue weighted by molar-refractivity contribution is 7.93. The fourth-order valence-corrected chi connectivity index (χ4v) is 3.58. The summed E-state index contributed by atoms with van der Waals surface area (Å²) < 4.78 is 35.6. The first-order chi connectivity index (χ1) is 13.4. The Labute approximate surface area is 176 Å². The van der Waals surface area contributed by atoms with Crippen LogP contribution in [0.15, 0.2) is 39.8 Å². The van der Waals surface area contributed by atoms with E-state index < -0.39 is 32.4 Å². The summed E-state index contributed by atoms with van der Waals surface area (Å²) in [5.74, 6) is -1.25. The highest BCUT2D eigenvalue weighted by Crippen LogP contribution is 2.30. The molecular formula is C16H18ClN3O7S2. The van der Waals surface area contributed by atoms with Crippen LogP contribution in [0.3, 0.4) is 0 Å². The maximum absolute atomic E-state index is 12.4. The number of furan rings is 1. The van der Waals surface area contributed by atoms with E-state index in [9.17, 15) is 23.1 Å². The van der Waals surface area contributed by atoms with E-state index in [2.05, 4.69) is 10.0 Å². The van der Waals surface area contributed by atoms with Gasteiger partial charge in [-0.2, -0.15) is 0 Å². The Balaban J connectivity index is 2.25. The Morgan fingerprint density at radius 3 is 2.62 bits per heavy atom. The van der Waals surface area contributed by atoms with Gasteiger partial charge in [0.2, 0.25) is 10.0 Å². The summed E-state index contributed by atoms with van der Waals surface area (Å²) in [6.07, 6.45) is 1.46. The van der Waals surface area contributed by atoms with Crippen LogP contribution in [0.1, 0.15) is 30.0 Å². The zero-order valence-corrected chi connectivity index (χ0v) is 17.7. The molecule has 0 unspecified atom stereocenters. The Bertz CT molecular complexity index is 1000. The van der Waals surface area contributed by atoms with Crippen molar-refractivity contribution in [1.82, 2.24) is 4.72 Å². The number of amides is 1. The van der Waals surface area contributed by atoms with Crippen LogP contribution in [0.5, 0.6) is 0 Å². The second kappa shape index (κ2) is 9.05. The summed E-state index contributed by atoms with van der Waals surface area (Å²) in [7, 11) is -4.21. The third-order valence-electron chi connectivity index (χ3n) is 3.44. The van der Waals surface area contributed by atoms with Crippen molar-refractivity contribution in [1.29, 1.82) is 0 Å². The quantitative estimate of drug-likeness (QED) is 0.338. The highest BCUT2D eigenvalue weighted by atomic mass is 35.5. The molecule has 0 spiro atoms. The summed E-state index contributed by atoms with van der Waals surface area (Å²) in [5.41, 5.74) is -1.73. The second-order valence-electron chi connectivity index (χ2n) is 6.25. The van der Waals surface area contributed by atoms with E-state index >= 15 is 0 Å². The van der Waals surface area contributed by atoms with E-state index in [4.69, 9.17) is 25.3 Å². The first-order valence-corrected chi connectivity index (χ1v) is 10.6. The molecule has 5 N–H and O–H groups in total. The van der Waals surface area contributed by atoms with Gasteiger partial charge in [0.25, 0.3) is 5.91 Å². The van der Waals surface area contributed by atoms with Gasteiger partial charge in [0.15, 0.2) is 12.2 Å². The van der Waals surface area contributed by atoms with Gasteiger partial charge in [-0.25, -0.2) is 18.4 Å². The minimum absolute atomic E-state index is 0.151. The van der Waals surface area contributed by atoms with Gasteiger partial charge >= 0.3 is 5.97 Å². The highest BCUT2D eigenvalue weighted by Gasteiger charge is 2.26. The number of aliphatic hydroxyl groups is 1. The number of benzene rings is 1. The van der Waals surface area contributed by atoms with Crippen LogP contribution in [0, 0.1) is 0 Å². The van der Waals surface area contributed by atoms with Crippen molar-refractivity contribution in [2.75, 3.05) is 5.32 Å². The third kappa shape index (κ3) is 6.37. The summed E-state index contributed by atoms with van der Waals surface area (Å²) in [6.45, 7) is 2.67. The average Bonchev–Trinajstić information content (AvgIpc) is 3.11. The molecule has 0 bridgehead atoms. The van der Waals surface area contributed by atoms with Gasteiger partial charge in [-0.05, 0) is 38.1 Å². The van der Waals surface area contributed by atoms with Crippen LogP contribution in [-0.4, -0.2) is 31.0 Å². The second-order valence-corrected chi connectivity index (χ2v) is 8.72. The molecule has 13 heteroatoms. The van der Waals surface area contributed by atoms with Crippen molar-refractivity contribution >= 4 is 51.4 Å². The van der Waals surface area contributed by atoms with Crippen molar-refractivity contribution in [2.45, 2.75) is 30.9 Å². The molecule has 0 radical (unpaired) electrons. The van der Waals surface area contributed by atoms with Crippen LogP contribution in [0.25, 0.3) is 0 Å². The first-order valence-electron chi connectivity index (χ1n) is 7.93. The molecule has 1 aromatic heterocycles. The molecule has 2 rings (SSSR count).